The number of nitrogens with zero attached hydrogens (tertiary/aromatic N) is 2. The molecule has 0 radical (unpaired) electrons. The van der Waals surface area contributed by atoms with Crippen LogP contribution in [0.15, 0.2) is 34.3 Å². The van der Waals surface area contributed by atoms with Crippen molar-refractivity contribution in [2.24, 2.45) is 15.9 Å². The zero-order chi connectivity index (χ0) is 18.9. The number of nitrogens with one attached hydrogen (secondary N) is 2. The van der Waals surface area contributed by atoms with Gasteiger partial charge < -0.3 is 15.4 Å². The van der Waals surface area contributed by atoms with Gasteiger partial charge in [-0.05, 0) is 30.0 Å². The molecule has 2 N–H and O–H groups in total. The van der Waals surface area contributed by atoms with E-state index in [0.29, 0.717) is 37.0 Å². The van der Waals surface area contributed by atoms with Crippen LogP contribution in [0.3, 0.4) is 0 Å². The molecule has 1 aliphatic rings. The molecule has 1 aliphatic heterocycles. The molecule has 2 rings (SSSR count). The summed E-state index contributed by atoms with van der Waals surface area (Å²) in [6.45, 7) is 4.95. The lowest BCUT2D eigenvalue weighted by Crippen LogP contribution is -2.32. The standard InChI is InChI=1S/C19H26N4O3/c1-13(2)12-26-18-11-21-16(10-22-18)19(25)23-15-6-4-5-14(9-15)7-8-17(24)20-3/h4-6,9,11,13,16H,7-8,10,12H2,1-3H3,(H,20,24)(H,23,25). The molecule has 1 aromatic carbocycles. The van der Waals surface area contributed by atoms with Crippen LogP contribution >= 0.6 is 0 Å². The van der Waals surface area contributed by atoms with E-state index < -0.39 is 6.04 Å². The maximum absolute atomic E-state index is 12.4. The summed E-state index contributed by atoms with van der Waals surface area (Å²) in [5.41, 5.74) is 1.67. The number of aryl methyl sites for hydroxylation is 1. The highest BCUT2D eigenvalue weighted by Gasteiger charge is 2.20. The second-order valence-corrected chi connectivity index (χ2v) is 6.54. The third-order valence-corrected chi connectivity index (χ3v) is 3.77. The Labute approximate surface area is 153 Å². The van der Waals surface area contributed by atoms with E-state index in [2.05, 4.69) is 34.5 Å². The number of rotatable bonds is 7. The molecule has 0 fully saturated rings. The van der Waals surface area contributed by atoms with E-state index in [1.807, 2.05) is 24.3 Å². The number of carbonyl (C=O) groups is 2. The van der Waals surface area contributed by atoms with Crippen LogP contribution in [0.4, 0.5) is 5.69 Å². The van der Waals surface area contributed by atoms with Gasteiger partial charge >= 0.3 is 0 Å². The molecule has 7 heteroatoms. The highest BCUT2D eigenvalue weighted by Crippen LogP contribution is 2.14. The number of amides is 2. The van der Waals surface area contributed by atoms with Gasteiger partial charge in [0.25, 0.3) is 5.91 Å². The van der Waals surface area contributed by atoms with Crippen molar-refractivity contribution >= 4 is 29.6 Å². The zero-order valence-electron chi connectivity index (χ0n) is 15.5. The number of aliphatic imine (C=N–C) groups is 2. The largest absolute Gasteiger partial charge is 0.477 e. The summed E-state index contributed by atoms with van der Waals surface area (Å²) in [6, 6.07) is 6.91. The quantitative estimate of drug-likeness (QED) is 0.779. The Hall–Kier alpha value is -2.70. The molecule has 1 heterocycles. The number of hydrogen-bond acceptors (Lipinski definition) is 5. The Morgan fingerprint density at radius 3 is 2.81 bits per heavy atom. The van der Waals surface area contributed by atoms with Gasteiger partial charge in [0.2, 0.25) is 11.8 Å². The average Bonchev–Trinajstić information content (AvgIpc) is 2.65. The summed E-state index contributed by atoms with van der Waals surface area (Å²) in [5, 5.41) is 5.45. The third kappa shape index (κ3) is 6.31. The third-order valence-electron chi connectivity index (χ3n) is 3.77. The van der Waals surface area contributed by atoms with Gasteiger partial charge in [-0.25, -0.2) is 4.99 Å². The topological polar surface area (TPSA) is 92.2 Å². The first-order chi connectivity index (χ1) is 12.5. The minimum absolute atomic E-state index is 0.00988. The van der Waals surface area contributed by atoms with Crippen molar-refractivity contribution in [2.75, 3.05) is 25.5 Å². The average molecular weight is 358 g/mol. The summed E-state index contributed by atoms with van der Waals surface area (Å²) in [6.07, 6.45) is 2.54. The van der Waals surface area contributed by atoms with Crippen molar-refractivity contribution in [1.29, 1.82) is 0 Å². The van der Waals surface area contributed by atoms with Crippen molar-refractivity contribution in [1.82, 2.24) is 5.32 Å². The van der Waals surface area contributed by atoms with E-state index in [0.717, 1.165) is 5.56 Å². The van der Waals surface area contributed by atoms with Crippen molar-refractivity contribution in [2.45, 2.75) is 32.7 Å². The molecule has 7 nitrogen and oxygen atoms in total. The van der Waals surface area contributed by atoms with Gasteiger partial charge in [0.15, 0.2) is 0 Å². The van der Waals surface area contributed by atoms with Gasteiger partial charge in [-0.3, -0.25) is 14.6 Å². The first-order valence-electron chi connectivity index (χ1n) is 8.78. The first kappa shape index (κ1) is 19.6. The molecule has 0 aromatic heterocycles. The number of hydrogen-bond donors (Lipinski definition) is 2. The predicted octanol–water partition coefficient (Wildman–Crippen LogP) is 1.83. The lowest BCUT2D eigenvalue weighted by molar-refractivity contribution is -0.120. The normalized spacial score (nSPS) is 16.2. The van der Waals surface area contributed by atoms with Crippen molar-refractivity contribution in [3.63, 3.8) is 0 Å². The molecule has 26 heavy (non-hydrogen) atoms. The van der Waals surface area contributed by atoms with Crippen LogP contribution in [-0.4, -0.2) is 50.2 Å². The molecule has 1 atom stereocenters. The highest BCUT2D eigenvalue weighted by atomic mass is 16.5. The van der Waals surface area contributed by atoms with E-state index in [-0.39, 0.29) is 18.4 Å². The van der Waals surface area contributed by atoms with E-state index in [4.69, 9.17) is 4.74 Å². The summed E-state index contributed by atoms with van der Waals surface area (Å²) < 4.78 is 5.50. The Balaban J connectivity index is 1.86. The van der Waals surface area contributed by atoms with Crippen LogP contribution in [0.1, 0.15) is 25.8 Å². The second-order valence-electron chi connectivity index (χ2n) is 6.54. The van der Waals surface area contributed by atoms with Crippen molar-refractivity contribution < 1.29 is 14.3 Å². The molecule has 0 saturated carbocycles. The van der Waals surface area contributed by atoms with Crippen molar-refractivity contribution in [3.8, 4) is 0 Å². The van der Waals surface area contributed by atoms with Crippen LogP contribution in [0.2, 0.25) is 0 Å². The number of anilines is 1. The lowest BCUT2D eigenvalue weighted by atomic mass is 10.1. The van der Waals surface area contributed by atoms with Crippen LogP contribution in [-0.2, 0) is 20.7 Å². The van der Waals surface area contributed by atoms with Gasteiger partial charge in [-0.15, -0.1) is 0 Å². The van der Waals surface area contributed by atoms with Crippen LogP contribution in [0, 0.1) is 5.92 Å². The molecular weight excluding hydrogens is 332 g/mol. The molecule has 0 bridgehead atoms. The maximum atomic E-state index is 12.4. The molecule has 0 aliphatic carbocycles. The molecule has 140 valence electrons. The Morgan fingerprint density at radius 1 is 1.35 bits per heavy atom. The van der Waals surface area contributed by atoms with Crippen LogP contribution in [0.25, 0.3) is 0 Å². The number of carbonyl (C=O) groups excluding carboxylic acids is 2. The fourth-order valence-corrected chi connectivity index (χ4v) is 2.32. The summed E-state index contributed by atoms with van der Waals surface area (Å²) in [5.74, 6) is 0.655. The fourth-order valence-electron chi connectivity index (χ4n) is 2.32. The van der Waals surface area contributed by atoms with Gasteiger partial charge in [0.1, 0.15) is 6.04 Å². The molecule has 0 saturated heterocycles. The summed E-state index contributed by atoms with van der Waals surface area (Å²) >= 11 is 0. The van der Waals surface area contributed by atoms with Gasteiger partial charge in [0, 0.05) is 19.2 Å². The monoisotopic (exact) mass is 358 g/mol. The minimum atomic E-state index is -0.559. The van der Waals surface area contributed by atoms with Gasteiger partial charge in [-0.2, -0.15) is 0 Å². The Kier molecular flexibility index (Phi) is 7.32. The highest BCUT2D eigenvalue weighted by molar-refractivity contribution is 6.27. The van der Waals surface area contributed by atoms with Crippen molar-refractivity contribution in [3.05, 3.63) is 29.8 Å². The number of ether oxygens (including phenoxy) is 1. The van der Waals surface area contributed by atoms with E-state index in [1.165, 1.54) is 6.21 Å². The fraction of sp³-hybridized carbons (Fsp3) is 0.474. The summed E-state index contributed by atoms with van der Waals surface area (Å²) in [4.78, 5) is 32.2. The minimum Gasteiger partial charge on any atom is -0.477 e. The molecular formula is C19H26N4O3. The predicted molar refractivity (Wildman–Crippen MR) is 103 cm³/mol. The molecule has 1 unspecified atom stereocenters. The molecule has 2 amide bonds. The lowest BCUT2D eigenvalue weighted by Gasteiger charge is -2.16. The van der Waals surface area contributed by atoms with Gasteiger partial charge in [-0.1, -0.05) is 26.0 Å². The summed E-state index contributed by atoms with van der Waals surface area (Å²) in [7, 11) is 1.62. The van der Waals surface area contributed by atoms with Crippen LogP contribution < -0.4 is 10.6 Å². The second kappa shape index (κ2) is 9.70. The molecule has 1 aromatic rings. The Morgan fingerprint density at radius 2 is 2.15 bits per heavy atom. The van der Waals surface area contributed by atoms with Gasteiger partial charge in [0.05, 0.1) is 19.4 Å². The van der Waals surface area contributed by atoms with E-state index >= 15 is 0 Å². The Bertz CT molecular complexity index is 698. The zero-order valence-corrected chi connectivity index (χ0v) is 15.5. The first-order valence-corrected chi connectivity index (χ1v) is 8.78. The smallest absolute Gasteiger partial charge is 0.251 e. The SMILES string of the molecule is CNC(=O)CCc1cccc(NC(=O)C2CN=C(OCC(C)C)C=N2)c1. The molecule has 0 spiro atoms. The van der Waals surface area contributed by atoms with E-state index in [1.54, 1.807) is 7.05 Å². The van der Waals surface area contributed by atoms with E-state index in [9.17, 15) is 9.59 Å². The van der Waals surface area contributed by atoms with Crippen LogP contribution in [0.5, 0.6) is 0 Å². The number of benzene rings is 1. The maximum Gasteiger partial charge on any atom is 0.251 e.